The number of hydrogen-bond donors (Lipinski definition) is 0. The summed E-state index contributed by atoms with van der Waals surface area (Å²) in [4.78, 5) is 14.6. The Hall–Kier alpha value is -7.21. The molecule has 5 heteroatoms. The average molecular weight is 734 g/mol. The lowest BCUT2D eigenvalue weighted by atomic mass is 9.94. The first kappa shape index (κ1) is 32.2. The molecule has 4 nitrogen and oxygen atoms in total. The maximum atomic E-state index is 6.69. The molecule has 0 radical (unpaired) electrons. The summed E-state index contributed by atoms with van der Waals surface area (Å²) in [5, 5.41) is 4.80. The minimum absolute atomic E-state index is 0.672. The quantitative estimate of drug-likeness (QED) is 0.171. The predicted molar refractivity (Wildman–Crippen MR) is 233 cm³/mol. The summed E-state index contributed by atoms with van der Waals surface area (Å²) in [6.07, 6.45) is 3.69. The molecule has 0 N–H and O–H groups in total. The number of rotatable bonds is 6. The number of pyridine rings is 1. The maximum Gasteiger partial charge on any atom is 0.160 e. The largest absolute Gasteiger partial charge is 0.455 e. The highest BCUT2D eigenvalue weighted by molar-refractivity contribution is 7.25. The van der Waals surface area contributed by atoms with Crippen molar-refractivity contribution in [3.63, 3.8) is 0 Å². The second-order valence-corrected chi connectivity index (χ2v) is 15.1. The third-order valence-electron chi connectivity index (χ3n) is 10.6. The number of para-hydroxylation sites is 1. The van der Waals surface area contributed by atoms with Gasteiger partial charge < -0.3 is 4.42 Å². The molecule has 0 bridgehead atoms. The van der Waals surface area contributed by atoms with Gasteiger partial charge in [-0.25, -0.2) is 9.97 Å². The fraction of sp³-hybridized carbons (Fsp3) is 0. The van der Waals surface area contributed by atoms with E-state index in [9.17, 15) is 0 Å². The molecule has 0 spiro atoms. The number of thiophene rings is 1. The molecule has 0 aliphatic rings. The van der Waals surface area contributed by atoms with Crippen LogP contribution in [0.4, 0.5) is 0 Å². The number of benzene rings is 7. The second kappa shape index (κ2) is 13.3. The molecule has 0 aliphatic heterocycles. The summed E-state index contributed by atoms with van der Waals surface area (Å²) in [7, 11) is 0. The SMILES string of the molecule is c1ccc(-c2cc(-c3cccc(-c4cccnc4)c3)nc(-c3ccc(-c4ccc(-c5ccc6c(c5)sc5ccccc56)c5oc6ccccc6c45)cc3)n2)cc1. The minimum Gasteiger partial charge on any atom is -0.455 e. The predicted octanol–water partition coefficient (Wildman–Crippen LogP) is 14.1. The zero-order valence-electron chi connectivity index (χ0n) is 30.1. The Morgan fingerprint density at radius 1 is 0.411 bits per heavy atom. The number of nitrogens with zero attached hydrogens (tertiary/aromatic N) is 3. The molecular formula is C51H31N3OS. The molecule has 0 amide bonds. The molecule has 0 saturated heterocycles. The number of fused-ring (bicyclic) bond motifs is 6. The summed E-state index contributed by atoms with van der Waals surface area (Å²) in [6, 6.07) is 61.7. The van der Waals surface area contributed by atoms with Gasteiger partial charge in [0.1, 0.15) is 11.2 Å². The van der Waals surface area contributed by atoms with Gasteiger partial charge in [-0.1, -0.05) is 133 Å². The second-order valence-electron chi connectivity index (χ2n) is 14.0. The van der Waals surface area contributed by atoms with E-state index in [0.29, 0.717) is 5.82 Å². The van der Waals surface area contributed by atoms with Crippen LogP contribution in [-0.2, 0) is 0 Å². The fourth-order valence-electron chi connectivity index (χ4n) is 7.86. The molecule has 0 unspecified atom stereocenters. The topological polar surface area (TPSA) is 51.8 Å². The first-order valence-corrected chi connectivity index (χ1v) is 19.5. The molecule has 0 saturated carbocycles. The summed E-state index contributed by atoms with van der Waals surface area (Å²) in [5.74, 6) is 0.672. The average Bonchev–Trinajstić information content (AvgIpc) is 3.85. The van der Waals surface area contributed by atoms with Gasteiger partial charge in [0.15, 0.2) is 5.82 Å². The van der Waals surface area contributed by atoms with Crippen LogP contribution < -0.4 is 0 Å². The van der Waals surface area contributed by atoms with Crippen LogP contribution in [0, 0.1) is 0 Å². The fourth-order valence-corrected chi connectivity index (χ4v) is 9.01. The van der Waals surface area contributed by atoms with Gasteiger partial charge in [-0.3, -0.25) is 4.98 Å². The first-order valence-electron chi connectivity index (χ1n) is 18.7. The molecule has 262 valence electrons. The zero-order chi connectivity index (χ0) is 37.0. The Morgan fingerprint density at radius 2 is 1.09 bits per heavy atom. The van der Waals surface area contributed by atoms with Gasteiger partial charge in [-0.05, 0) is 64.7 Å². The summed E-state index contributed by atoms with van der Waals surface area (Å²) in [5.41, 5.74) is 13.1. The van der Waals surface area contributed by atoms with Crippen LogP contribution in [0.15, 0.2) is 193 Å². The van der Waals surface area contributed by atoms with Crippen LogP contribution in [0.1, 0.15) is 0 Å². The van der Waals surface area contributed by atoms with Crippen LogP contribution in [0.2, 0.25) is 0 Å². The van der Waals surface area contributed by atoms with Gasteiger partial charge in [0.2, 0.25) is 0 Å². The van der Waals surface area contributed by atoms with Gasteiger partial charge >= 0.3 is 0 Å². The lowest BCUT2D eigenvalue weighted by Gasteiger charge is -2.12. The lowest BCUT2D eigenvalue weighted by molar-refractivity contribution is 0.670. The Bertz CT molecular complexity index is 3240. The van der Waals surface area contributed by atoms with E-state index < -0.39 is 0 Å². The van der Waals surface area contributed by atoms with E-state index >= 15 is 0 Å². The summed E-state index contributed by atoms with van der Waals surface area (Å²) in [6.45, 7) is 0. The lowest BCUT2D eigenvalue weighted by Crippen LogP contribution is -1.96. The van der Waals surface area contributed by atoms with Crippen molar-refractivity contribution in [2.45, 2.75) is 0 Å². The van der Waals surface area contributed by atoms with Crippen molar-refractivity contribution in [3.8, 4) is 67.3 Å². The van der Waals surface area contributed by atoms with E-state index in [4.69, 9.17) is 14.4 Å². The van der Waals surface area contributed by atoms with Gasteiger partial charge in [0, 0.05) is 71.2 Å². The van der Waals surface area contributed by atoms with Crippen molar-refractivity contribution in [2.24, 2.45) is 0 Å². The minimum atomic E-state index is 0.672. The van der Waals surface area contributed by atoms with Crippen molar-refractivity contribution in [3.05, 3.63) is 188 Å². The van der Waals surface area contributed by atoms with Crippen molar-refractivity contribution in [1.82, 2.24) is 15.0 Å². The maximum absolute atomic E-state index is 6.69. The molecule has 0 fully saturated rings. The highest BCUT2D eigenvalue weighted by Crippen LogP contribution is 2.44. The van der Waals surface area contributed by atoms with Crippen molar-refractivity contribution < 1.29 is 4.42 Å². The molecule has 56 heavy (non-hydrogen) atoms. The van der Waals surface area contributed by atoms with Gasteiger partial charge in [-0.2, -0.15) is 0 Å². The van der Waals surface area contributed by atoms with Gasteiger partial charge in [0.25, 0.3) is 0 Å². The number of aromatic nitrogens is 3. The molecule has 7 aromatic carbocycles. The van der Waals surface area contributed by atoms with E-state index in [1.807, 2.05) is 47.9 Å². The highest BCUT2D eigenvalue weighted by Gasteiger charge is 2.19. The molecule has 0 atom stereocenters. The molecule has 0 aliphatic carbocycles. The number of hydrogen-bond acceptors (Lipinski definition) is 5. The van der Waals surface area contributed by atoms with E-state index in [-0.39, 0.29) is 0 Å². The smallest absolute Gasteiger partial charge is 0.160 e. The van der Waals surface area contributed by atoms with Crippen molar-refractivity contribution in [2.75, 3.05) is 0 Å². The Kier molecular flexibility index (Phi) is 7.64. The van der Waals surface area contributed by atoms with Crippen LogP contribution in [0.25, 0.3) is 109 Å². The molecule has 11 aromatic rings. The Labute approximate surface area is 327 Å². The van der Waals surface area contributed by atoms with Crippen LogP contribution >= 0.6 is 11.3 Å². The molecular weight excluding hydrogens is 703 g/mol. The third-order valence-corrected chi connectivity index (χ3v) is 11.8. The van der Waals surface area contributed by atoms with Crippen LogP contribution in [0.5, 0.6) is 0 Å². The number of furan rings is 1. The van der Waals surface area contributed by atoms with Crippen molar-refractivity contribution >= 4 is 53.4 Å². The molecule has 4 heterocycles. The Morgan fingerprint density at radius 3 is 1.95 bits per heavy atom. The van der Waals surface area contributed by atoms with E-state index in [1.54, 1.807) is 6.20 Å². The van der Waals surface area contributed by atoms with E-state index in [1.165, 1.54) is 20.2 Å². The summed E-state index contributed by atoms with van der Waals surface area (Å²) >= 11 is 1.84. The first-order chi connectivity index (χ1) is 27.7. The van der Waals surface area contributed by atoms with E-state index in [2.05, 4.69) is 151 Å². The zero-order valence-corrected chi connectivity index (χ0v) is 30.9. The monoisotopic (exact) mass is 733 g/mol. The standard InChI is InChI=1S/C51H31N3OS/c1-2-10-33(11-3-1)44-30-45(37-13-8-12-35(28-37)38-14-9-27-52-31-38)54-51(53-44)34-21-19-32(20-22-34)39-25-26-40(50-49(39)43-16-4-6-17-46(43)55-50)36-23-24-42-41-15-5-7-18-47(41)56-48(42)29-36/h1-31H. The van der Waals surface area contributed by atoms with Crippen LogP contribution in [0.3, 0.4) is 0 Å². The summed E-state index contributed by atoms with van der Waals surface area (Å²) < 4.78 is 9.27. The third kappa shape index (κ3) is 5.56. The van der Waals surface area contributed by atoms with Gasteiger partial charge in [-0.15, -0.1) is 11.3 Å². The highest BCUT2D eigenvalue weighted by atomic mass is 32.1. The molecule has 11 rings (SSSR count). The molecule has 4 aromatic heterocycles. The van der Waals surface area contributed by atoms with Crippen molar-refractivity contribution in [1.29, 1.82) is 0 Å². The normalized spacial score (nSPS) is 11.6. The van der Waals surface area contributed by atoms with E-state index in [0.717, 1.165) is 83.4 Å². The Balaban J connectivity index is 1.02. The van der Waals surface area contributed by atoms with Crippen LogP contribution in [-0.4, -0.2) is 15.0 Å². The van der Waals surface area contributed by atoms with Gasteiger partial charge in [0.05, 0.1) is 11.4 Å².